The Balaban J connectivity index is 4.30. The zero-order chi connectivity index (χ0) is 41.8. The van der Waals surface area contributed by atoms with E-state index in [4.69, 9.17) is 28.4 Å². The van der Waals surface area contributed by atoms with Crippen LogP contribution in [0.1, 0.15) is 59.3 Å². The summed E-state index contributed by atoms with van der Waals surface area (Å²) < 4.78 is 32.5. The Kier molecular flexibility index (Phi) is 34.8. The molecule has 4 N–H and O–H groups in total. The second-order valence-electron chi connectivity index (χ2n) is 13.5. The molecule has 0 aromatic heterocycles. The highest BCUT2D eigenvalue weighted by molar-refractivity contribution is 6.57. The maximum Gasteiger partial charge on any atom is 0.320 e. The van der Waals surface area contributed by atoms with Crippen LogP contribution >= 0.6 is 0 Å². The molecular weight excluding hydrogens is 735 g/mol. The lowest BCUT2D eigenvalue weighted by atomic mass is 10.0. The van der Waals surface area contributed by atoms with Gasteiger partial charge in [0.25, 0.3) is 0 Å². The van der Waals surface area contributed by atoms with Crippen molar-refractivity contribution >= 4 is 37.3 Å². The van der Waals surface area contributed by atoms with Crippen LogP contribution in [0.2, 0.25) is 0 Å². The van der Waals surface area contributed by atoms with Gasteiger partial charge in [0.05, 0.1) is 98.1 Å². The SMILES string of the molecule is BC(=O)CCOCCOCCOCCOCCOCCOCCNC(=O)CCC(C(=O)O)N(CCC)CCN(CCN(CCC(C)CC)CC(=O)O)CC(=O)O. The maximum absolute atomic E-state index is 12.5. The van der Waals surface area contributed by atoms with Gasteiger partial charge in [0.2, 0.25) is 5.91 Å². The summed E-state index contributed by atoms with van der Waals surface area (Å²) >= 11 is 0. The molecule has 2 atom stereocenters. The summed E-state index contributed by atoms with van der Waals surface area (Å²) in [6, 6.07) is -0.933. The van der Waals surface area contributed by atoms with Gasteiger partial charge < -0.3 is 53.9 Å². The Bertz CT molecular complexity index is 1050. The first-order chi connectivity index (χ1) is 26.9. The summed E-state index contributed by atoms with van der Waals surface area (Å²) in [5.74, 6) is -2.88. The largest absolute Gasteiger partial charge is 0.480 e. The molecule has 0 radical (unpaired) electrons. The van der Waals surface area contributed by atoms with E-state index < -0.39 is 23.9 Å². The Hall–Kier alpha value is -2.75. The zero-order valence-corrected chi connectivity index (χ0v) is 34.4. The number of nitrogens with one attached hydrogen (secondary N) is 1. The summed E-state index contributed by atoms with van der Waals surface area (Å²) in [6.07, 6.45) is 2.98. The highest BCUT2D eigenvalue weighted by atomic mass is 16.6. The molecule has 326 valence electrons. The van der Waals surface area contributed by atoms with Crippen molar-refractivity contribution in [3.8, 4) is 0 Å². The lowest BCUT2D eigenvalue weighted by Gasteiger charge is -2.32. The Morgan fingerprint density at radius 2 is 1.04 bits per heavy atom. The molecule has 0 bridgehead atoms. The number of ether oxygens (including phenoxy) is 6. The molecule has 2 unspecified atom stereocenters. The van der Waals surface area contributed by atoms with E-state index in [-0.39, 0.29) is 63.8 Å². The van der Waals surface area contributed by atoms with E-state index in [1.165, 1.54) is 7.85 Å². The molecule has 0 aliphatic heterocycles. The number of carbonyl (C=O) groups excluding carboxylic acids is 2. The lowest BCUT2D eigenvalue weighted by molar-refractivity contribution is -0.144. The highest BCUT2D eigenvalue weighted by Gasteiger charge is 2.26. The smallest absolute Gasteiger partial charge is 0.320 e. The van der Waals surface area contributed by atoms with Gasteiger partial charge in [0.1, 0.15) is 6.04 Å². The van der Waals surface area contributed by atoms with E-state index in [1.54, 1.807) is 9.80 Å². The summed E-state index contributed by atoms with van der Waals surface area (Å²) in [7, 11) is 1.53. The minimum absolute atomic E-state index is 0.00224. The molecule has 19 heteroatoms. The monoisotopic (exact) mass is 807 g/mol. The molecule has 0 aromatic rings. The van der Waals surface area contributed by atoms with Crippen LogP contribution in [0.4, 0.5) is 0 Å². The molecule has 1 amide bonds. The zero-order valence-electron chi connectivity index (χ0n) is 34.4. The van der Waals surface area contributed by atoms with Crippen molar-refractivity contribution in [3.63, 3.8) is 0 Å². The van der Waals surface area contributed by atoms with Crippen molar-refractivity contribution in [1.29, 1.82) is 0 Å². The number of rotatable bonds is 42. The predicted octanol–water partition coefficient (Wildman–Crippen LogP) is -0.0932. The third kappa shape index (κ3) is 33.4. The summed E-state index contributed by atoms with van der Waals surface area (Å²) in [5, 5.41) is 31.7. The van der Waals surface area contributed by atoms with E-state index in [0.29, 0.717) is 118 Å². The lowest BCUT2D eigenvalue weighted by Crippen LogP contribution is -2.48. The van der Waals surface area contributed by atoms with Gasteiger partial charge in [-0.1, -0.05) is 27.2 Å². The minimum atomic E-state index is -1.06. The number of carboxylic acid groups (broad SMARTS) is 3. The standard InChI is InChI=1S/C37H71BN4O14/c1-4-11-42(16-15-41(30-36(47)48)14-13-40(29-35(45)46)12-8-31(3)5-2)32(37(49)50)6-7-34(44)39-10-18-52-20-22-54-24-26-56-28-27-55-25-23-53-21-19-51-17-9-33(38)43/h31-32H,4-30,38H2,1-3H3,(H,39,44)(H,45,46)(H,47,48)(H,49,50). The molecule has 0 spiro atoms. The van der Waals surface area contributed by atoms with Gasteiger partial charge >= 0.3 is 17.9 Å². The quantitative estimate of drug-likeness (QED) is 0.0467. The number of hydrogen-bond acceptors (Lipinski definition) is 14. The van der Waals surface area contributed by atoms with Crippen LogP contribution in [0.5, 0.6) is 0 Å². The fourth-order valence-corrected chi connectivity index (χ4v) is 5.29. The Morgan fingerprint density at radius 1 is 0.589 bits per heavy atom. The average Bonchev–Trinajstić information content (AvgIpc) is 3.14. The molecular formula is C37H71BN4O14. The van der Waals surface area contributed by atoms with Crippen molar-refractivity contribution in [1.82, 2.24) is 20.0 Å². The van der Waals surface area contributed by atoms with Gasteiger partial charge in [0.15, 0.2) is 7.85 Å². The molecule has 0 aliphatic carbocycles. The first kappa shape index (κ1) is 53.3. The topological polar surface area (TPSA) is 223 Å². The highest BCUT2D eigenvalue weighted by Crippen LogP contribution is 2.11. The van der Waals surface area contributed by atoms with E-state index >= 15 is 0 Å². The number of amides is 1. The first-order valence-corrected chi connectivity index (χ1v) is 20.0. The van der Waals surface area contributed by atoms with E-state index in [1.807, 2.05) is 11.8 Å². The molecule has 0 fully saturated rings. The van der Waals surface area contributed by atoms with Crippen molar-refractivity contribution in [2.24, 2.45) is 5.92 Å². The fraction of sp³-hybridized carbons (Fsp3) is 0.865. The van der Waals surface area contributed by atoms with Gasteiger partial charge in [-0.2, -0.15) is 0 Å². The molecule has 0 aromatic carbocycles. The normalized spacial score (nSPS) is 12.7. The molecule has 0 aliphatic rings. The summed E-state index contributed by atoms with van der Waals surface area (Å²) in [4.78, 5) is 64.0. The molecule has 0 saturated carbocycles. The van der Waals surface area contributed by atoms with Crippen molar-refractivity contribution in [3.05, 3.63) is 0 Å². The second-order valence-corrected chi connectivity index (χ2v) is 13.5. The second kappa shape index (κ2) is 36.6. The van der Waals surface area contributed by atoms with E-state index in [9.17, 15) is 39.3 Å². The van der Waals surface area contributed by atoms with Gasteiger partial charge in [-0.15, -0.1) is 0 Å². The van der Waals surface area contributed by atoms with Crippen LogP contribution < -0.4 is 5.32 Å². The van der Waals surface area contributed by atoms with Crippen LogP contribution in [0.15, 0.2) is 0 Å². The van der Waals surface area contributed by atoms with Crippen molar-refractivity contribution in [2.75, 3.05) is 138 Å². The number of hydrogen-bond donors (Lipinski definition) is 4. The third-order valence-electron chi connectivity index (χ3n) is 8.70. The molecule has 0 rings (SSSR count). The Morgan fingerprint density at radius 3 is 1.46 bits per heavy atom. The summed E-state index contributed by atoms with van der Waals surface area (Å²) in [6.45, 7) is 13.1. The van der Waals surface area contributed by atoms with Crippen LogP contribution in [0.3, 0.4) is 0 Å². The fourth-order valence-electron chi connectivity index (χ4n) is 5.29. The van der Waals surface area contributed by atoms with Crippen molar-refractivity contribution in [2.45, 2.75) is 65.3 Å². The van der Waals surface area contributed by atoms with Crippen LogP contribution in [-0.4, -0.2) is 212 Å². The number of nitrogens with zero attached hydrogens (tertiary/aromatic N) is 3. The van der Waals surface area contributed by atoms with E-state index in [2.05, 4.69) is 19.2 Å². The van der Waals surface area contributed by atoms with Gasteiger partial charge in [-0.25, -0.2) is 0 Å². The number of aliphatic carboxylic acids is 3. The van der Waals surface area contributed by atoms with E-state index in [0.717, 1.165) is 12.8 Å². The molecule has 18 nitrogen and oxygen atoms in total. The van der Waals surface area contributed by atoms with Crippen LogP contribution in [0, 0.1) is 5.92 Å². The molecule has 56 heavy (non-hydrogen) atoms. The van der Waals surface area contributed by atoms with Gasteiger partial charge in [-0.05, 0) is 38.3 Å². The minimum Gasteiger partial charge on any atom is -0.480 e. The molecule has 0 heterocycles. The van der Waals surface area contributed by atoms with Crippen LogP contribution in [-0.2, 0) is 52.4 Å². The third-order valence-corrected chi connectivity index (χ3v) is 8.70. The number of carboxylic acids is 3. The van der Waals surface area contributed by atoms with Gasteiger partial charge in [0, 0.05) is 45.6 Å². The predicted molar refractivity (Wildman–Crippen MR) is 211 cm³/mol. The van der Waals surface area contributed by atoms with Gasteiger partial charge in [-0.3, -0.25) is 33.9 Å². The molecule has 0 saturated heterocycles. The van der Waals surface area contributed by atoms with Crippen molar-refractivity contribution < 1.29 is 67.7 Å². The first-order valence-electron chi connectivity index (χ1n) is 20.0. The Labute approximate surface area is 334 Å². The number of carbonyl (C=O) groups is 5. The average molecular weight is 807 g/mol. The maximum atomic E-state index is 12.5. The van der Waals surface area contributed by atoms with Crippen LogP contribution in [0.25, 0.3) is 0 Å². The summed E-state index contributed by atoms with van der Waals surface area (Å²) in [5.41, 5.74) is 0.100.